The number of aliphatic hydroxyl groups excluding tert-OH is 1. The average Bonchev–Trinajstić information content (AvgIpc) is 2.29. The van der Waals surface area contributed by atoms with Crippen molar-refractivity contribution >= 4 is 5.97 Å². The second-order valence-electron chi connectivity index (χ2n) is 5.09. The smallest absolute Gasteiger partial charge is 0.348 e. The number of rotatable bonds is 9. The number of hydrogen-bond donors (Lipinski definition) is 1. The van der Waals surface area contributed by atoms with Crippen molar-refractivity contribution in [2.45, 2.75) is 72.0 Å². The summed E-state index contributed by atoms with van der Waals surface area (Å²) < 4.78 is 0. The first-order chi connectivity index (χ1) is 8.36. The lowest BCUT2D eigenvalue weighted by molar-refractivity contribution is -0.519. The first kappa shape index (κ1) is 17.4. The molecule has 0 saturated carbocycles. The molecule has 0 fully saturated rings. The molecule has 0 aromatic carbocycles. The van der Waals surface area contributed by atoms with Crippen LogP contribution in [0.4, 0.5) is 0 Å². The molecule has 1 atom stereocenters. The molecule has 0 aromatic rings. The zero-order chi connectivity index (χ0) is 14.2. The van der Waals surface area contributed by atoms with Gasteiger partial charge in [-0.1, -0.05) is 20.8 Å². The van der Waals surface area contributed by atoms with E-state index < -0.39 is 17.7 Å². The second kappa shape index (κ2) is 8.45. The molecule has 5 heteroatoms. The molecule has 1 unspecified atom stereocenters. The van der Waals surface area contributed by atoms with E-state index in [9.17, 15) is 9.90 Å². The lowest BCUT2D eigenvalue weighted by atomic mass is 10.00. The molecule has 0 heterocycles. The average molecular weight is 262 g/mol. The van der Waals surface area contributed by atoms with Crippen molar-refractivity contribution in [3.63, 3.8) is 0 Å². The Bertz CT molecular complexity index is 236. The Labute approximate surface area is 109 Å². The van der Waals surface area contributed by atoms with E-state index in [1.54, 1.807) is 13.8 Å². The Morgan fingerprint density at radius 3 is 2.17 bits per heavy atom. The van der Waals surface area contributed by atoms with Gasteiger partial charge in [-0.05, 0) is 38.1 Å². The number of carbonyl (C=O) groups excluding carboxylic acids is 1. The molecule has 0 rings (SSSR count). The summed E-state index contributed by atoms with van der Waals surface area (Å²) in [6.07, 6.45) is 2.00. The maximum Gasteiger partial charge on any atom is 0.348 e. The van der Waals surface area contributed by atoms with E-state index in [0.717, 1.165) is 0 Å². The number of hydrogen-bond acceptors (Lipinski definition) is 5. The van der Waals surface area contributed by atoms with Crippen LogP contribution in [0.5, 0.6) is 0 Å². The molecule has 0 spiro atoms. The molecule has 0 saturated heterocycles. The summed E-state index contributed by atoms with van der Waals surface area (Å²) in [6, 6.07) is 0. The van der Waals surface area contributed by atoms with Crippen LogP contribution in [0, 0.1) is 5.92 Å². The standard InChI is InChI=1S/C13H26O5/c1-6-10(7-2)12(15)16-18-17-13(4,5)9-11(14)8-3/h10-11,14H,6-9H2,1-5H3. The predicted molar refractivity (Wildman–Crippen MR) is 67.3 cm³/mol. The van der Waals surface area contributed by atoms with E-state index in [2.05, 4.69) is 9.93 Å². The Hall–Kier alpha value is -0.650. The minimum absolute atomic E-state index is 0.169. The first-order valence-electron chi connectivity index (χ1n) is 6.60. The monoisotopic (exact) mass is 262 g/mol. The van der Waals surface area contributed by atoms with Gasteiger partial charge in [0.25, 0.3) is 0 Å². The predicted octanol–water partition coefficient (Wildman–Crippen LogP) is 2.77. The Morgan fingerprint density at radius 2 is 1.72 bits per heavy atom. The molecule has 0 bridgehead atoms. The van der Waals surface area contributed by atoms with E-state index in [4.69, 9.17) is 4.89 Å². The Morgan fingerprint density at radius 1 is 1.17 bits per heavy atom. The van der Waals surface area contributed by atoms with Crippen molar-refractivity contribution in [2.75, 3.05) is 0 Å². The highest BCUT2D eigenvalue weighted by molar-refractivity contribution is 5.71. The van der Waals surface area contributed by atoms with Crippen LogP contribution in [0.3, 0.4) is 0 Å². The van der Waals surface area contributed by atoms with Gasteiger partial charge in [-0.25, -0.2) is 4.79 Å². The van der Waals surface area contributed by atoms with Crippen LogP contribution in [-0.4, -0.2) is 22.8 Å². The zero-order valence-corrected chi connectivity index (χ0v) is 12.1. The minimum Gasteiger partial charge on any atom is -0.393 e. The van der Waals surface area contributed by atoms with E-state index in [1.807, 2.05) is 20.8 Å². The third-order valence-electron chi connectivity index (χ3n) is 2.89. The third kappa shape index (κ3) is 6.93. The van der Waals surface area contributed by atoms with E-state index >= 15 is 0 Å². The highest BCUT2D eigenvalue weighted by Gasteiger charge is 2.25. The first-order valence-corrected chi connectivity index (χ1v) is 6.60. The van der Waals surface area contributed by atoms with Gasteiger partial charge in [0.1, 0.15) is 5.60 Å². The molecular formula is C13H26O5. The number of carbonyl (C=O) groups is 1. The van der Waals surface area contributed by atoms with Gasteiger partial charge in [-0.2, -0.15) is 4.89 Å². The second-order valence-corrected chi connectivity index (χ2v) is 5.09. The van der Waals surface area contributed by atoms with Crippen molar-refractivity contribution in [1.29, 1.82) is 0 Å². The van der Waals surface area contributed by atoms with Crippen molar-refractivity contribution in [3.8, 4) is 0 Å². The van der Waals surface area contributed by atoms with Gasteiger partial charge in [0.2, 0.25) is 0 Å². The molecule has 0 aromatic heterocycles. The molecule has 0 aliphatic rings. The van der Waals surface area contributed by atoms with Crippen molar-refractivity contribution in [3.05, 3.63) is 0 Å². The van der Waals surface area contributed by atoms with Crippen molar-refractivity contribution < 1.29 is 24.7 Å². The van der Waals surface area contributed by atoms with Gasteiger partial charge in [-0.15, -0.1) is 0 Å². The topological polar surface area (TPSA) is 65.0 Å². The summed E-state index contributed by atoms with van der Waals surface area (Å²) in [5.41, 5.74) is -0.705. The van der Waals surface area contributed by atoms with Gasteiger partial charge < -0.3 is 5.11 Å². The van der Waals surface area contributed by atoms with Crippen LogP contribution in [0.25, 0.3) is 0 Å². The van der Waals surface area contributed by atoms with Gasteiger partial charge in [0.15, 0.2) is 0 Å². The molecule has 0 aliphatic carbocycles. The quantitative estimate of drug-likeness (QED) is 0.511. The highest BCUT2D eigenvalue weighted by atomic mass is 17.5. The lowest BCUT2D eigenvalue weighted by Crippen LogP contribution is -2.31. The molecule has 0 amide bonds. The van der Waals surface area contributed by atoms with Crippen LogP contribution in [-0.2, 0) is 19.6 Å². The highest BCUT2D eigenvalue weighted by Crippen LogP contribution is 2.19. The molecule has 1 N–H and O–H groups in total. The van der Waals surface area contributed by atoms with E-state index in [-0.39, 0.29) is 5.92 Å². The Kier molecular flexibility index (Phi) is 8.15. The summed E-state index contributed by atoms with van der Waals surface area (Å²) in [4.78, 5) is 21.1. The van der Waals surface area contributed by atoms with E-state index in [0.29, 0.717) is 25.7 Å². The fourth-order valence-electron chi connectivity index (χ4n) is 1.58. The molecule has 0 aliphatic heterocycles. The maximum absolute atomic E-state index is 11.5. The van der Waals surface area contributed by atoms with Crippen LogP contribution < -0.4 is 0 Å². The largest absolute Gasteiger partial charge is 0.393 e. The van der Waals surface area contributed by atoms with Crippen LogP contribution in [0.15, 0.2) is 0 Å². The number of aliphatic hydroxyl groups is 1. The van der Waals surface area contributed by atoms with Crippen LogP contribution in [0.2, 0.25) is 0 Å². The van der Waals surface area contributed by atoms with Crippen molar-refractivity contribution in [1.82, 2.24) is 0 Å². The maximum atomic E-state index is 11.5. The zero-order valence-electron chi connectivity index (χ0n) is 12.1. The van der Waals surface area contributed by atoms with Gasteiger partial charge >= 0.3 is 5.97 Å². The Balaban J connectivity index is 3.98. The van der Waals surface area contributed by atoms with Crippen molar-refractivity contribution in [2.24, 2.45) is 5.92 Å². The molecule has 0 radical (unpaired) electrons. The fraction of sp³-hybridized carbons (Fsp3) is 0.923. The summed E-state index contributed by atoms with van der Waals surface area (Å²) >= 11 is 0. The summed E-state index contributed by atoms with van der Waals surface area (Å²) in [6.45, 7) is 9.23. The summed E-state index contributed by atoms with van der Waals surface area (Å²) in [5.74, 6) is -0.593. The normalized spacial score (nSPS) is 13.7. The third-order valence-corrected chi connectivity index (χ3v) is 2.89. The molecule has 18 heavy (non-hydrogen) atoms. The van der Waals surface area contributed by atoms with E-state index in [1.165, 1.54) is 0 Å². The minimum atomic E-state index is -0.705. The lowest BCUT2D eigenvalue weighted by Gasteiger charge is -2.24. The fourth-order valence-corrected chi connectivity index (χ4v) is 1.58. The van der Waals surface area contributed by atoms with Crippen LogP contribution in [0.1, 0.15) is 60.3 Å². The van der Waals surface area contributed by atoms with Gasteiger partial charge in [0.05, 0.1) is 12.0 Å². The molecule has 108 valence electrons. The summed E-state index contributed by atoms with van der Waals surface area (Å²) in [7, 11) is 0. The summed E-state index contributed by atoms with van der Waals surface area (Å²) in [5, 5.41) is 14.1. The SMILES string of the molecule is CCC(O)CC(C)(C)OOOC(=O)C(CC)CC. The van der Waals surface area contributed by atoms with Crippen LogP contribution >= 0.6 is 0 Å². The molecule has 5 nitrogen and oxygen atoms in total. The molecular weight excluding hydrogens is 236 g/mol. The van der Waals surface area contributed by atoms with Gasteiger partial charge in [-0.3, -0.25) is 4.89 Å². The van der Waals surface area contributed by atoms with Gasteiger partial charge in [0, 0.05) is 6.42 Å².